The molecule has 1 saturated heterocycles. The first kappa shape index (κ1) is 19.0. The Morgan fingerprint density at radius 3 is 2.56 bits per heavy atom. The van der Waals surface area contributed by atoms with E-state index in [0.717, 1.165) is 5.56 Å². The molecule has 0 spiro atoms. The molecule has 0 aliphatic carbocycles. The molecule has 6 nitrogen and oxygen atoms in total. The number of Topliss-reactive ketones (excluding diaryl/α,β-unsaturated/α-hetero) is 1. The molecule has 1 aliphatic rings. The average Bonchev–Trinajstić information content (AvgIpc) is 2.92. The van der Waals surface area contributed by atoms with Crippen molar-refractivity contribution < 1.29 is 19.1 Å². The fourth-order valence-electron chi connectivity index (χ4n) is 3.01. The number of amides is 2. The molecule has 1 aromatic carbocycles. The van der Waals surface area contributed by atoms with Gasteiger partial charge in [0.05, 0.1) is 6.04 Å². The topological polar surface area (TPSA) is 75.7 Å². The van der Waals surface area contributed by atoms with Crippen LogP contribution in [-0.4, -0.2) is 41.3 Å². The van der Waals surface area contributed by atoms with E-state index in [1.807, 2.05) is 44.2 Å². The minimum atomic E-state index is -0.628. The maximum absolute atomic E-state index is 12.5. The number of ether oxygens (including phenoxy) is 1. The van der Waals surface area contributed by atoms with Crippen LogP contribution in [-0.2, 0) is 20.9 Å². The summed E-state index contributed by atoms with van der Waals surface area (Å²) < 4.78 is 5.16. The van der Waals surface area contributed by atoms with E-state index in [4.69, 9.17) is 4.74 Å². The Morgan fingerprint density at radius 1 is 1.28 bits per heavy atom. The Kier molecular flexibility index (Phi) is 6.56. The van der Waals surface area contributed by atoms with Gasteiger partial charge in [0.25, 0.3) is 0 Å². The molecular formula is C19H26N2O4. The van der Waals surface area contributed by atoms with E-state index in [2.05, 4.69) is 5.32 Å². The molecule has 1 heterocycles. The van der Waals surface area contributed by atoms with Gasteiger partial charge in [-0.3, -0.25) is 9.59 Å². The van der Waals surface area contributed by atoms with Crippen LogP contribution in [0.1, 0.15) is 39.2 Å². The zero-order valence-corrected chi connectivity index (χ0v) is 15.0. The smallest absolute Gasteiger partial charge is 0.408 e. The number of hydrogen-bond acceptors (Lipinski definition) is 4. The highest BCUT2D eigenvalue weighted by Gasteiger charge is 2.38. The molecule has 6 heteroatoms. The number of carbonyl (C=O) groups excluding carboxylic acids is 3. The molecule has 1 aliphatic heterocycles. The van der Waals surface area contributed by atoms with Crippen LogP contribution in [0.3, 0.4) is 0 Å². The van der Waals surface area contributed by atoms with Crippen LogP contribution in [0, 0.1) is 5.92 Å². The molecule has 0 unspecified atom stereocenters. The van der Waals surface area contributed by atoms with E-state index in [1.165, 1.54) is 6.92 Å². The lowest BCUT2D eigenvalue weighted by atomic mass is 10.00. The lowest BCUT2D eigenvalue weighted by molar-refractivity contribution is -0.137. The lowest BCUT2D eigenvalue weighted by Gasteiger charge is -2.27. The van der Waals surface area contributed by atoms with Crippen LogP contribution in [0.2, 0.25) is 0 Å². The standard InChI is InChI=1S/C19H26N2O4/c1-13(2)11-17(14(3)22)21-10-9-16(18(21)23)20-19(24)25-12-15-7-5-4-6-8-15/h4-8,13,16-17H,9-12H2,1-3H3,(H,20,24)/t16-,17-/m0/s1. The summed E-state index contributed by atoms with van der Waals surface area (Å²) in [6.07, 6.45) is 0.500. The molecule has 2 atom stereocenters. The van der Waals surface area contributed by atoms with Gasteiger partial charge < -0.3 is 15.0 Å². The van der Waals surface area contributed by atoms with E-state index in [-0.39, 0.29) is 18.3 Å². The summed E-state index contributed by atoms with van der Waals surface area (Å²) in [7, 11) is 0. The molecule has 2 amide bonds. The minimum Gasteiger partial charge on any atom is -0.445 e. The quantitative estimate of drug-likeness (QED) is 0.823. The van der Waals surface area contributed by atoms with Crippen molar-refractivity contribution in [3.63, 3.8) is 0 Å². The molecule has 1 N–H and O–H groups in total. The number of rotatable bonds is 7. The predicted octanol–water partition coefficient (Wildman–Crippen LogP) is 2.52. The van der Waals surface area contributed by atoms with Crippen molar-refractivity contribution in [2.45, 2.75) is 52.3 Å². The number of likely N-dealkylation sites (tertiary alicyclic amines) is 1. The van der Waals surface area contributed by atoms with Gasteiger partial charge in [-0.2, -0.15) is 0 Å². The number of nitrogens with one attached hydrogen (secondary N) is 1. The van der Waals surface area contributed by atoms with Gasteiger partial charge >= 0.3 is 6.09 Å². The summed E-state index contributed by atoms with van der Waals surface area (Å²) >= 11 is 0. The maximum atomic E-state index is 12.5. The highest BCUT2D eigenvalue weighted by Crippen LogP contribution is 2.20. The summed E-state index contributed by atoms with van der Waals surface area (Å²) in [5, 5.41) is 2.61. The van der Waals surface area contributed by atoms with Crippen molar-refractivity contribution in [3.05, 3.63) is 35.9 Å². The van der Waals surface area contributed by atoms with Crippen molar-refractivity contribution in [2.75, 3.05) is 6.54 Å². The minimum absolute atomic E-state index is 0.0191. The predicted molar refractivity (Wildman–Crippen MR) is 93.8 cm³/mol. The van der Waals surface area contributed by atoms with E-state index < -0.39 is 18.2 Å². The fourth-order valence-corrected chi connectivity index (χ4v) is 3.01. The first-order chi connectivity index (χ1) is 11.9. The molecule has 2 rings (SSSR count). The Balaban J connectivity index is 1.88. The summed E-state index contributed by atoms with van der Waals surface area (Å²) in [6, 6.07) is 8.30. The largest absolute Gasteiger partial charge is 0.445 e. The summed E-state index contributed by atoms with van der Waals surface area (Å²) in [5.41, 5.74) is 0.880. The number of nitrogens with zero attached hydrogens (tertiary/aromatic N) is 1. The number of carbonyl (C=O) groups is 3. The zero-order chi connectivity index (χ0) is 18.4. The van der Waals surface area contributed by atoms with Crippen molar-refractivity contribution in [3.8, 4) is 0 Å². The van der Waals surface area contributed by atoms with E-state index in [1.54, 1.807) is 4.90 Å². The fraction of sp³-hybridized carbons (Fsp3) is 0.526. The van der Waals surface area contributed by atoms with Crippen molar-refractivity contribution >= 4 is 17.8 Å². The third-order valence-electron chi connectivity index (χ3n) is 4.28. The van der Waals surface area contributed by atoms with Gasteiger partial charge in [0.1, 0.15) is 12.6 Å². The van der Waals surface area contributed by atoms with Crippen molar-refractivity contribution in [1.82, 2.24) is 10.2 Å². The molecule has 136 valence electrons. The molecule has 25 heavy (non-hydrogen) atoms. The van der Waals surface area contributed by atoms with Crippen LogP contribution < -0.4 is 5.32 Å². The normalized spacial score (nSPS) is 18.3. The number of benzene rings is 1. The Hall–Kier alpha value is -2.37. The zero-order valence-electron chi connectivity index (χ0n) is 15.0. The monoisotopic (exact) mass is 346 g/mol. The molecule has 0 bridgehead atoms. The summed E-state index contributed by atoms with van der Waals surface area (Å²) in [5.74, 6) is 0.0800. The van der Waals surface area contributed by atoms with Crippen LogP contribution in [0.5, 0.6) is 0 Å². The van der Waals surface area contributed by atoms with Crippen LogP contribution >= 0.6 is 0 Å². The molecule has 1 fully saturated rings. The summed E-state index contributed by atoms with van der Waals surface area (Å²) in [6.45, 7) is 6.18. The van der Waals surface area contributed by atoms with Crippen molar-refractivity contribution in [2.24, 2.45) is 5.92 Å². The van der Waals surface area contributed by atoms with Gasteiger partial charge in [-0.15, -0.1) is 0 Å². The van der Waals surface area contributed by atoms with E-state index in [9.17, 15) is 14.4 Å². The van der Waals surface area contributed by atoms with Crippen LogP contribution in [0.15, 0.2) is 30.3 Å². The number of hydrogen-bond donors (Lipinski definition) is 1. The van der Waals surface area contributed by atoms with E-state index in [0.29, 0.717) is 25.3 Å². The molecule has 0 aromatic heterocycles. The van der Waals surface area contributed by atoms with Crippen LogP contribution in [0.25, 0.3) is 0 Å². The second-order valence-electron chi connectivity index (χ2n) is 6.83. The maximum Gasteiger partial charge on any atom is 0.408 e. The third kappa shape index (κ3) is 5.31. The van der Waals surface area contributed by atoms with Crippen LogP contribution in [0.4, 0.5) is 4.79 Å². The first-order valence-corrected chi connectivity index (χ1v) is 8.66. The van der Waals surface area contributed by atoms with Gasteiger partial charge in [0.15, 0.2) is 5.78 Å². The first-order valence-electron chi connectivity index (χ1n) is 8.66. The van der Waals surface area contributed by atoms with Crippen molar-refractivity contribution in [1.29, 1.82) is 0 Å². The SMILES string of the molecule is CC(=O)[C@H](CC(C)C)N1CC[C@H](NC(=O)OCc2ccccc2)C1=O. The Bertz CT molecular complexity index is 615. The Labute approximate surface area is 148 Å². The second kappa shape index (κ2) is 8.65. The van der Waals surface area contributed by atoms with Gasteiger partial charge in [0.2, 0.25) is 5.91 Å². The lowest BCUT2D eigenvalue weighted by Crippen LogP contribution is -2.47. The molecule has 1 aromatic rings. The molecule has 0 saturated carbocycles. The van der Waals surface area contributed by atoms with Gasteiger partial charge in [-0.05, 0) is 31.2 Å². The second-order valence-corrected chi connectivity index (χ2v) is 6.83. The average molecular weight is 346 g/mol. The highest BCUT2D eigenvalue weighted by atomic mass is 16.5. The van der Waals surface area contributed by atoms with Gasteiger partial charge in [-0.25, -0.2) is 4.79 Å². The number of alkyl carbamates (subject to hydrolysis) is 1. The molecule has 0 radical (unpaired) electrons. The summed E-state index contributed by atoms with van der Waals surface area (Å²) in [4.78, 5) is 38.0. The van der Waals surface area contributed by atoms with E-state index >= 15 is 0 Å². The highest BCUT2D eigenvalue weighted by molar-refractivity contribution is 5.92. The third-order valence-corrected chi connectivity index (χ3v) is 4.28. The number of ketones is 1. The van der Waals surface area contributed by atoms with Gasteiger partial charge in [-0.1, -0.05) is 44.2 Å². The van der Waals surface area contributed by atoms with Gasteiger partial charge in [0, 0.05) is 6.54 Å². The Morgan fingerprint density at radius 2 is 1.96 bits per heavy atom. The molecular weight excluding hydrogens is 320 g/mol.